The molecule has 1 saturated heterocycles. The second-order valence-electron chi connectivity index (χ2n) is 7.58. The molecule has 0 radical (unpaired) electrons. The molecule has 2 atom stereocenters. The van der Waals surface area contributed by atoms with Crippen molar-refractivity contribution in [2.45, 2.75) is 116 Å². The van der Waals surface area contributed by atoms with Crippen LogP contribution in [0.2, 0.25) is 0 Å². The van der Waals surface area contributed by atoms with Gasteiger partial charge in [0.25, 0.3) is 0 Å². The van der Waals surface area contributed by atoms with E-state index in [4.69, 9.17) is 4.74 Å². The van der Waals surface area contributed by atoms with Crippen LogP contribution in [0, 0.1) is 5.92 Å². The van der Waals surface area contributed by atoms with Gasteiger partial charge in [0.05, 0.1) is 12.7 Å². The molecule has 2 nitrogen and oxygen atoms in total. The number of ether oxygens (including phenoxy) is 1. The fraction of sp³-hybridized carbons (Fsp3) is 1.00. The summed E-state index contributed by atoms with van der Waals surface area (Å²) in [7, 11) is 0. The molecule has 2 heteroatoms. The lowest BCUT2D eigenvalue weighted by Gasteiger charge is -2.15. The average molecular weight is 327 g/mol. The minimum absolute atomic E-state index is 0.116. The molecule has 1 aliphatic rings. The third kappa shape index (κ3) is 12.0. The maximum atomic E-state index is 10.1. The predicted octanol–water partition coefficient (Wildman–Crippen LogP) is 6.26. The van der Waals surface area contributed by atoms with Gasteiger partial charge in [-0.15, -0.1) is 0 Å². The number of hydrogen-bond acceptors (Lipinski definition) is 2. The first-order valence-electron chi connectivity index (χ1n) is 10.6. The van der Waals surface area contributed by atoms with E-state index in [0.717, 1.165) is 26.1 Å². The molecule has 0 aromatic carbocycles. The highest BCUT2D eigenvalue weighted by Crippen LogP contribution is 2.21. The Morgan fingerprint density at radius 1 is 0.783 bits per heavy atom. The highest BCUT2D eigenvalue weighted by atomic mass is 16.5. The van der Waals surface area contributed by atoms with Crippen molar-refractivity contribution in [1.29, 1.82) is 0 Å². The average Bonchev–Trinajstić information content (AvgIpc) is 3.09. The summed E-state index contributed by atoms with van der Waals surface area (Å²) in [4.78, 5) is 0. The van der Waals surface area contributed by atoms with Gasteiger partial charge >= 0.3 is 0 Å². The van der Waals surface area contributed by atoms with Crippen LogP contribution in [0.15, 0.2) is 0 Å². The zero-order valence-corrected chi connectivity index (χ0v) is 15.7. The monoisotopic (exact) mass is 326 g/mol. The van der Waals surface area contributed by atoms with E-state index in [2.05, 4.69) is 6.92 Å². The summed E-state index contributed by atoms with van der Waals surface area (Å²) in [6.07, 6.45) is 21.4. The Bertz CT molecular complexity index is 236. The van der Waals surface area contributed by atoms with Gasteiger partial charge in [-0.3, -0.25) is 0 Å². The third-order valence-electron chi connectivity index (χ3n) is 5.36. The molecule has 0 spiro atoms. The van der Waals surface area contributed by atoms with Crippen molar-refractivity contribution in [3.8, 4) is 0 Å². The molecular weight excluding hydrogens is 284 g/mol. The number of rotatable bonds is 16. The summed E-state index contributed by atoms with van der Waals surface area (Å²) in [6.45, 7) is 3.91. The van der Waals surface area contributed by atoms with Crippen molar-refractivity contribution in [3.05, 3.63) is 0 Å². The first-order chi connectivity index (χ1) is 11.3. The maximum Gasteiger partial charge on any atom is 0.0591 e. The predicted molar refractivity (Wildman–Crippen MR) is 99.9 cm³/mol. The molecule has 0 aliphatic carbocycles. The Hall–Kier alpha value is -0.0800. The van der Waals surface area contributed by atoms with Crippen LogP contribution in [0.3, 0.4) is 0 Å². The van der Waals surface area contributed by atoms with Gasteiger partial charge in [-0.2, -0.15) is 0 Å². The fourth-order valence-electron chi connectivity index (χ4n) is 3.64. The molecule has 0 bridgehead atoms. The van der Waals surface area contributed by atoms with E-state index >= 15 is 0 Å². The number of aliphatic hydroxyl groups is 1. The SMILES string of the molecule is CCCCCCCCCCCCCCCCC(O)C1CCOC1. The van der Waals surface area contributed by atoms with E-state index in [1.807, 2.05) is 0 Å². The number of unbranched alkanes of at least 4 members (excludes halogenated alkanes) is 13. The summed E-state index contributed by atoms with van der Waals surface area (Å²) in [5, 5.41) is 10.1. The lowest BCUT2D eigenvalue weighted by molar-refractivity contribution is 0.0825. The van der Waals surface area contributed by atoms with Crippen LogP contribution >= 0.6 is 0 Å². The van der Waals surface area contributed by atoms with Gasteiger partial charge < -0.3 is 9.84 Å². The van der Waals surface area contributed by atoms with Gasteiger partial charge in [0.2, 0.25) is 0 Å². The Morgan fingerprint density at radius 2 is 1.26 bits per heavy atom. The Balaban J connectivity index is 1.71. The summed E-state index contributed by atoms with van der Waals surface area (Å²) < 4.78 is 5.34. The second kappa shape index (κ2) is 15.4. The summed E-state index contributed by atoms with van der Waals surface area (Å²) in [5.74, 6) is 0.414. The molecule has 0 aromatic heterocycles. The zero-order chi connectivity index (χ0) is 16.6. The van der Waals surface area contributed by atoms with Gasteiger partial charge in [0.15, 0.2) is 0 Å². The topological polar surface area (TPSA) is 29.5 Å². The largest absolute Gasteiger partial charge is 0.393 e. The normalized spacial score (nSPS) is 19.3. The molecule has 138 valence electrons. The van der Waals surface area contributed by atoms with Gasteiger partial charge in [-0.05, 0) is 12.8 Å². The van der Waals surface area contributed by atoms with Gasteiger partial charge in [-0.25, -0.2) is 0 Å². The van der Waals surface area contributed by atoms with E-state index in [-0.39, 0.29) is 6.10 Å². The van der Waals surface area contributed by atoms with Crippen molar-refractivity contribution >= 4 is 0 Å². The molecular formula is C21H42O2. The Morgan fingerprint density at radius 3 is 1.70 bits per heavy atom. The third-order valence-corrected chi connectivity index (χ3v) is 5.36. The maximum absolute atomic E-state index is 10.1. The molecule has 1 fully saturated rings. The van der Waals surface area contributed by atoms with Crippen molar-refractivity contribution in [2.24, 2.45) is 5.92 Å². The summed E-state index contributed by atoms with van der Waals surface area (Å²) >= 11 is 0. The van der Waals surface area contributed by atoms with Crippen LogP contribution in [0.1, 0.15) is 110 Å². The molecule has 0 amide bonds. The van der Waals surface area contributed by atoms with Crippen LogP contribution in [-0.4, -0.2) is 24.4 Å². The Kier molecular flexibility index (Phi) is 14.1. The van der Waals surface area contributed by atoms with E-state index in [1.165, 1.54) is 89.9 Å². The highest BCUT2D eigenvalue weighted by Gasteiger charge is 2.23. The van der Waals surface area contributed by atoms with Gasteiger partial charge in [0.1, 0.15) is 0 Å². The molecule has 0 saturated carbocycles. The molecule has 1 heterocycles. The number of hydrogen-bond donors (Lipinski definition) is 1. The minimum Gasteiger partial charge on any atom is -0.393 e. The quantitative estimate of drug-likeness (QED) is 0.339. The van der Waals surface area contributed by atoms with Crippen LogP contribution in [-0.2, 0) is 4.74 Å². The van der Waals surface area contributed by atoms with Crippen LogP contribution in [0.5, 0.6) is 0 Å². The summed E-state index contributed by atoms with van der Waals surface area (Å²) in [6, 6.07) is 0. The Labute approximate surface area is 145 Å². The molecule has 1 rings (SSSR count). The van der Waals surface area contributed by atoms with Crippen molar-refractivity contribution in [1.82, 2.24) is 0 Å². The lowest BCUT2D eigenvalue weighted by atomic mass is 9.96. The second-order valence-corrected chi connectivity index (χ2v) is 7.58. The van der Waals surface area contributed by atoms with Crippen molar-refractivity contribution < 1.29 is 9.84 Å². The molecule has 1 aliphatic heterocycles. The molecule has 23 heavy (non-hydrogen) atoms. The van der Waals surface area contributed by atoms with Gasteiger partial charge in [-0.1, -0.05) is 96.8 Å². The van der Waals surface area contributed by atoms with E-state index in [1.54, 1.807) is 0 Å². The molecule has 0 aromatic rings. The zero-order valence-electron chi connectivity index (χ0n) is 15.7. The molecule has 2 unspecified atom stereocenters. The minimum atomic E-state index is -0.116. The van der Waals surface area contributed by atoms with Crippen LogP contribution in [0.4, 0.5) is 0 Å². The first kappa shape index (κ1) is 21.0. The van der Waals surface area contributed by atoms with Crippen molar-refractivity contribution in [3.63, 3.8) is 0 Å². The smallest absolute Gasteiger partial charge is 0.0591 e. The first-order valence-corrected chi connectivity index (χ1v) is 10.6. The summed E-state index contributed by atoms with van der Waals surface area (Å²) in [5.41, 5.74) is 0. The standard InChI is InChI=1S/C21H42O2/c1-2-3-4-5-6-7-8-9-10-11-12-13-14-15-16-21(22)20-17-18-23-19-20/h20-22H,2-19H2,1H3. The number of aliphatic hydroxyl groups excluding tert-OH is 1. The molecule has 1 N–H and O–H groups in total. The van der Waals surface area contributed by atoms with Gasteiger partial charge in [0, 0.05) is 12.5 Å². The lowest BCUT2D eigenvalue weighted by Crippen LogP contribution is -2.20. The van der Waals surface area contributed by atoms with E-state index in [9.17, 15) is 5.11 Å². The van der Waals surface area contributed by atoms with Crippen LogP contribution in [0.25, 0.3) is 0 Å². The van der Waals surface area contributed by atoms with Crippen molar-refractivity contribution in [2.75, 3.05) is 13.2 Å². The fourth-order valence-corrected chi connectivity index (χ4v) is 3.64. The highest BCUT2D eigenvalue weighted by molar-refractivity contribution is 4.72. The van der Waals surface area contributed by atoms with E-state index in [0.29, 0.717) is 5.92 Å². The van der Waals surface area contributed by atoms with E-state index < -0.39 is 0 Å². The van der Waals surface area contributed by atoms with Crippen LogP contribution < -0.4 is 0 Å².